The van der Waals surface area contributed by atoms with Crippen LogP contribution in [0.2, 0.25) is 0 Å². The summed E-state index contributed by atoms with van der Waals surface area (Å²) in [5.41, 5.74) is 5.92. The largest absolute Gasteiger partial charge is 0.436 e. The van der Waals surface area contributed by atoms with Crippen LogP contribution in [0.5, 0.6) is 0 Å². The third-order valence-electron chi connectivity index (χ3n) is 4.20. The molecule has 0 aliphatic carbocycles. The van der Waals surface area contributed by atoms with Crippen LogP contribution in [-0.2, 0) is 5.41 Å². The first-order valence-electron chi connectivity index (χ1n) is 8.02. The molecule has 2 heterocycles. The Morgan fingerprint density at radius 2 is 1.71 bits per heavy atom. The minimum Gasteiger partial charge on any atom is -0.436 e. The molecule has 4 rings (SSSR count). The molecule has 0 saturated heterocycles. The van der Waals surface area contributed by atoms with E-state index in [1.54, 1.807) is 6.20 Å². The van der Waals surface area contributed by atoms with Gasteiger partial charge in [-0.15, -0.1) is 0 Å². The van der Waals surface area contributed by atoms with Gasteiger partial charge in [-0.1, -0.05) is 57.2 Å². The molecular formula is C20H19N3O. The minimum atomic E-state index is 0.135. The van der Waals surface area contributed by atoms with Gasteiger partial charge in [-0.05, 0) is 23.1 Å². The predicted molar refractivity (Wildman–Crippen MR) is 95.7 cm³/mol. The number of aromatic amines is 1. The summed E-state index contributed by atoms with van der Waals surface area (Å²) in [5, 5.41) is 7.26. The highest BCUT2D eigenvalue weighted by Gasteiger charge is 2.17. The van der Waals surface area contributed by atoms with E-state index in [0.717, 1.165) is 27.9 Å². The van der Waals surface area contributed by atoms with E-state index in [2.05, 4.69) is 60.2 Å². The van der Waals surface area contributed by atoms with Crippen molar-refractivity contribution in [2.24, 2.45) is 0 Å². The molecule has 0 aliphatic rings. The molecule has 0 unspecified atom stereocenters. The summed E-state index contributed by atoms with van der Waals surface area (Å²) >= 11 is 0. The zero-order chi connectivity index (χ0) is 16.7. The first-order chi connectivity index (χ1) is 11.5. The molecule has 0 saturated carbocycles. The SMILES string of the molecule is CC(C)(C)c1ccc(-c2[nH]ncc2-c2nc3ccccc3o2)cc1. The summed E-state index contributed by atoms with van der Waals surface area (Å²) in [6.07, 6.45) is 1.76. The molecule has 4 heteroatoms. The number of benzene rings is 2. The Morgan fingerprint density at radius 1 is 0.958 bits per heavy atom. The number of hydrogen-bond donors (Lipinski definition) is 1. The molecule has 0 fully saturated rings. The Kier molecular flexibility index (Phi) is 3.27. The predicted octanol–water partition coefficient (Wildman–Crippen LogP) is 5.18. The Morgan fingerprint density at radius 3 is 2.42 bits per heavy atom. The zero-order valence-corrected chi connectivity index (χ0v) is 14.0. The number of para-hydroxylation sites is 2. The second-order valence-corrected chi connectivity index (χ2v) is 6.97. The van der Waals surface area contributed by atoms with Crippen LogP contribution in [0.1, 0.15) is 26.3 Å². The molecule has 0 atom stereocenters. The van der Waals surface area contributed by atoms with Gasteiger partial charge in [0.15, 0.2) is 5.58 Å². The number of nitrogens with zero attached hydrogens (tertiary/aromatic N) is 2. The summed E-state index contributed by atoms with van der Waals surface area (Å²) < 4.78 is 5.88. The number of oxazole rings is 1. The number of hydrogen-bond acceptors (Lipinski definition) is 3. The molecule has 0 amide bonds. The van der Waals surface area contributed by atoms with Gasteiger partial charge in [0.25, 0.3) is 0 Å². The normalized spacial score (nSPS) is 12.0. The lowest BCUT2D eigenvalue weighted by molar-refractivity contribution is 0.590. The van der Waals surface area contributed by atoms with E-state index < -0.39 is 0 Å². The van der Waals surface area contributed by atoms with E-state index in [9.17, 15) is 0 Å². The van der Waals surface area contributed by atoms with Gasteiger partial charge in [0.2, 0.25) is 5.89 Å². The molecule has 120 valence electrons. The summed E-state index contributed by atoms with van der Waals surface area (Å²) in [7, 11) is 0. The van der Waals surface area contributed by atoms with Gasteiger partial charge in [0.05, 0.1) is 17.5 Å². The van der Waals surface area contributed by atoms with Crippen LogP contribution < -0.4 is 0 Å². The Labute approximate surface area is 140 Å². The van der Waals surface area contributed by atoms with Gasteiger partial charge in [0.1, 0.15) is 5.52 Å². The maximum absolute atomic E-state index is 5.88. The van der Waals surface area contributed by atoms with Crippen LogP contribution in [0.25, 0.3) is 33.8 Å². The Bertz CT molecular complexity index is 955. The van der Waals surface area contributed by atoms with Gasteiger partial charge in [-0.25, -0.2) is 4.98 Å². The van der Waals surface area contributed by atoms with Crippen LogP contribution in [0.4, 0.5) is 0 Å². The van der Waals surface area contributed by atoms with Crippen molar-refractivity contribution in [3.63, 3.8) is 0 Å². The second-order valence-electron chi connectivity index (χ2n) is 6.97. The molecule has 24 heavy (non-hydrogen) atoms. The van der Waals surface area contributed by atoms with Crippen molar-refractivity contribution in [1.82, 2.24) is 15.2 Å². The van der Waals surface area contributed by atoms with E-state index >= 15 is 0 Å². The van der Waals surface area contributed by atoms with Crippen molar-refractivity contribution < 1.29 is 4.42 Å². The Balaban J connectivity index is 1.77. The smallest absolute Gasteiger partial charge is 0.231 e. The van der Waals surface area contributed by atoms with Crippen molar-refractivity contribution in [2.75, 3.05) is 0 Å². The van der Waals surface area contributed by atoms with E-state index in [1.165, 1.54) is 5.56 Å². The summed E-state index contributed by atoms with van der Waals surface area (Å²) in [6.45, 7) is 6.63. The maximum atomic E-state index is 5.88. The first kappa shape index (κ1) is 14.7. The molecule has 0 radical (unpaired) electrons. The molecule has 0 bridgehead atoms. The highest BCUT2D eigenvalue weighted by Crippen LogP contribution is 2.32. The number of H-pyrrole nitrogens is 1. The molecule has 4 aromatic rings. The summed E-state index contributed by atoms with van der Waals surface area (Å²) in [5.74, 6) is 0.583. The lowest BCUT2D eigenvalue weighted by Gasteiger charge is -2.19. The number of nitrogens with one attached hydrogen (secondary N) is 1. The fraction of sp³-hybridized carbons (Fsp3) is 0.200. The summed E-state index contributed by atoms with van der Waals surface area (Å²) in [6, 6.07) is 16.3. The number of rotatable bonds is 2. The van der Waals surface area contributed by atoms with Crippen molar-refractivity contribution in [3.05, 3.63) is 60.3 Å². The Hall–Kier alpha value is -2.88. The van der Waals surface area contributed by atoms with Gasteiger partial charge in [-0.3, -0.25) is 5.10 Å². The number of fused-ring (bicyclic) bond motifs is 1. The lowest BCUT2D eigenvalue weighted by atomic mass is 9.86. The average Bonchev–Trinajstić information content (AvgIpc) is 3.20. The number of aromatic nitrogens is 3. The van der Waals surface area contributed by atoms with Gasteiger partial charge in [-0.2, -0.15) is 5.10 Å². The lowest BCUT2D eigenvalue weighted by Crippen LogP contribution is -2.10. The molecular weight excluding hydrogens is 298 g/mol. The molecule has 4 nitrogen and oxygen atoms in total. The standard InChI is InChI=1S/C20H19N3O/c1-20(2,3)14-10-8-13(9-11-14)18-15(12-21-23-18)19-22-16-6-4-5-7-17(16)24-19/h4-12H,1-3H3,(H,21,23). The van der Waals surface area contributed by atoms with Crippen LogP contribution in [0.15, 0.2) is 59.1 Å². The van der Waals surface area contributed by atoms with Gasteiger partial charge >= 0.3 is 0 Å². The van der Waals surface area contributed by atoms with Crippen LogP contribution in [0, 0.1) is 0 Å². The van der Waals surface area contributed by atoms with Crippen molar-refractivity contribution in [1.29, 1.82) is 0 Å². The van der Waals surface area contributed by atoms with Crippen molar-refractivity contribution >= 4 is 11.1 Å². The van der Waals surface area contributed by atoms with Gasteiger partial charge < -0.3 is 4.42 Å². The molecule has 0 spiro atoms. The minimum absolute atomic E-state index is 0.135. The average molecular weight is 317 g/mol. The van der Waals surface area contributed by atoms with Crippen LogP contribution in [-0.4, -0.2) is 15.2 Å². The topological polar surface area (TPSA) is 54.7 Å². The third-order valence-corrected chi connectivity index (χ3v) is 4.20. The monoisotopic (exact) mass is 317 g/mol. The quantitative estimate of drug-likeness (QED) is 0.554. The molecule has 2 aromatic carbocycles. The summed E-state index contributed by atoms with van der Waals surface area (Å²) in [4.78, 5) is 4.57. The second kappa shape index (κ2) is 5.34. The highest BCUT2D eigenvalue weighted by atomic mass is 16.3. The van der Waals surface area contributed by atoms with E-state index in [4.69, 9.17) is 4.42 Å². The van der Waals surface area contributed by atoms with Crippen LogP contribution >= 0.6 is 0 Å². The highest BCUT2D eigenvalue weighted by molar-refractivity contribution is 5.81. The van der Waals surface area contributed by atoms with E-state index in [1.807, 2.05) is 24.3 Å². The third kappa shape index (κ3) is 2.50. The van der Waals surface area contributed by atoms with Crippen LogP contribution in [0.3, 0.4) is 0 Å². The van der Waals surface area contributed by atoms with Gasteiger partial charge in [0, 0.05) is 5.56 Å². The fourth-order valence-corrected chi connectivity index (χ4v) is 2.79. The maximum Gasteiger partial charge on any atom is 0.231 e. The zero-order valence-electron chi connectivity index (χ0n) is 14.0. The molecule has 2 aromatic heterocycles. The van der Waals surface area contributed by atoms with Crippen molar-refractivity contribution in [3.8, 4) is 22.7 Å². The van der Waals surface area contributed by atoms with E-state index in [-0.39, 0.29) is 5.41 Å². The molecule has 1 N–H and O–H groups in total. The fourth-order valence-electron chi connectivity index (χ4n) is 2.79. The molecule has 0 aliphatic heterocycles. The van der Waals surface area contributed by atoms with Crippen molar-refractivity contribution in [2.45, 2.75) is 26.2 Å². The van der Waals surface area contributed by atoms with E-state index in [0.29, 0.717) is 5.89 Å². The first-order valence-corrected chi connectivity index (χ1v) is 8.02.